The van der Waals surface area contributed by atoms with Crippen LogP contribution in [0, 0.1) is 6.92 Å². The molecule has 0 aliphatic rings. The summed E-state index contributed by atoms with van der Waals surface area (Å²) in [5.74, 6) is 0. The van der Waals surface area contributed by atoms with Crippen LogP contribution in [0.2, 0.25) is 0 Å². The van der Waals surface area contributed by atoms with Gasteiger partial charge in [-0.05, 0) is 0 Å². The van der Waals surface area contributed by atoms with Gasteiger partial charge in [0, 0.05) is 0 Å². The zero-order valence-electron chi connectivity index (χ0n) is 7.60. The van der Waals surface area contributed by atoms with Gasteiger partial charge in [-0.25, -0.2) is 0 Å². The molecule has 0 heterocycles. The minimum Gasteiger partial charge on any atom is -1.00 e. The molecule has 0 radical (unpaired) electrons. The van der Waals surface area contributed by atoms with Gasteiger partial charge in [-0.15, -0.1) is 40.6 Å². The molecular formula is C10H9I3Zr. The molecule has 0 aromatic heterocycles. The summed E-state index contributed by atoms with van der Waals surface area (Å²) in [6, 6.07) is 12.8. The van der Waals surface area contributed by atoms with E-state index >= 15 is 0 Å². The van der Waals surface area contributed by atoms with Crippen molar-refractivity contribution in [3.63, 3.8) is 0 Å². The summed E-state index contributed by atoms with van der Waals surface area (Å²) in [6.45, 7) is 2.12. The Bertz CT molecular complexity index is 324. The predicted molar refractivity (Wildman–Crippen MR) is 44.3 cm³/mol. The first-order valence-corrected chi connectivity index (χ1v) is 3.48. The number of fused-ring (bicyclic) bond motifs is 1. The number of benzene rings is 1. The van der Waals surface area contributed by atoms with E-state index in [4.69, 9.17) is 0 Å². The van der Waals surface area contributed by atoms with E-state index in [9.17, 15) is 0 Å². The summed E-state index contributed by atoms with van der Waals surface area (Å²) in [4.78, 5) is 0. The molecule has 0 saturated carbocycles. The molecular weight excluding hydrogens is 592 g/mol. The van der Waals surface area contributed by atoms with Gasteiger partial charge in [-0.1, -0.05) is 13.0 Å². The van der Waals surface area contributed by atoms with Crippen molar-refractivity contribution in [1.82, 2.24) is 0 Å². The normalized spacial score (nSPS) is 7.50. The molecule has 0 saturated heterocycles. The largest absolute Gasteiger partial charge is 4.00 e. The number of aryl methyl sites for hydroxylation is 1. The smallest absolute Gasteiger partial charge is 1.00 e. The van der Waals surface area contributed by atoms with Crippen LogP contribution in [0.3, 0.4) is 0 Å². The molecule has 2 rings (SSSR count). The maximum atomic E-state index is 2.20. The molecule has 0 unspecified atom stereocenters. The van der Waals surface area contributed by atoms with Crippen LogP contribution in [-0.4, -0.2) is 0 Å². The van der Waals surface area contributed by atoms with Gasteiger partial charge in [0.05, 0.1) is 0 Å². The molecule has 4 heteroatoms. The van der Waals surface area contributed by atoms with Crippen LogP contribution in [0.5, 0.6) is 0 Å². The zero-order valence-corrected chi connectivity index (χ0v) is 16.5. The van der Waals surface area contributed by atoms with E-state index in [2.05, 4.69) is 43.3 Å². The SMILES string of the molecule is Cc1cc2ccccc2[cH-]1.[I-].[I-].[I-].[Zr+4]. The first kappa shape index (κ1) is 21.2. The molecule has 0 bridgehead atoms. The van der Waals surface area contributed by atoms with Crippen molar-refractivity contribution in [2.24, 2.45) is 0 Å². The molecule has 0 nitrogen and oxygen atoms in total. The van der Waals surface area contributed by atoms with Gasteiger partial charge < -0.3 is 71.9 Å². The van der Waals surface area contributed by atoms with Crippen molar-refractivity contribution < 1.29 is 98.1 Å². The number of hydrogen-bond donors (Lipinski definition) is 0. The van der Waals surface area contributed by atoms with E-state index in [1.54, 1.807) is 0 Å². The molecule has 0 spiro atoms. The summed E-state index contributed by atoms with van der Waals surface area (Å²) in [5.41, 5.74) is 1.35. The van der Waals surface area contributed by atoms with Gasteiger partial charge in [-0.2, -0.15) is 6.07 Å². The molecule has 2 aromatic rings. The van der Waals surface area contributed by atoms with Gasteiger partial charge in [-0.3, -0.25) is 0 Å². The Kier molecular flexibility index (Phi) is 15.3. The second-order valence-corrected chi connectivity index (χ2v) is 2.66. The topological polar surface area (TPSA) is 0 Å². The Balaban J connectivity index is -0.000000302. The van der Waals surface area contributed by atoms with E-state index in [0.29, 0.717) is 0 Å². The summed E-state index contributed by atoms with van der Waals surface area (Å²) >= 11 is 0. The van der Waals surface area contributed by atoms with Crippen LogP contribution < -0.4 is 71.9 Å². The fourth-order valence-corrected chi connectivity index (χ4v) is 1.31. The van der Waals surface area contributed by atoms with Crippen LogP contribution in [0.1, 0.15) is 5.56 Å². The Hall–Kier alpha value is 1.90. The van der Waals surface area contributed by atoms with E-state index < -0.39 is 0 Å². The summed E-state index contributed by atoms with van der Waals surface area (Å²) in [5, 5.41) is 2.69. The van der Waals surface area contributed by atoms with E-state index in [0.717, 1.165) is 0 Å². The minimum absolute atomic E-state index is 0. The molecule has 0 aliphatic carbocycles. The molecule has 14 heavy (non-hydrogen) atoms. The third kappa shape index (κ3) is 5.30. The molecule has 2 aromatic carbocycles. The molecule has 0 fully saturated rings. The van der Waals surface area contributed by atoms with E-state index in [1.807, 2.05) is 0 Å². The van der Waals surface area contributed by atoms with Crippen LogP contribution in [-0.2, 0) is 26.2 Å². The molecule has 0 atom stereocenters. The molecule has 74 valence electrons. The quantitative estimate of drug-likeness (QED) is 0.209. The average Bonchev–Trinajstić information content (AvgIpc) is 2.27. The number of rotatable bonds is 0. The Morgan fingerprint density at radius 2 is 1.57 bits per heavy atom. The van der Waals surface area contributed by atoms with Crippen molar-refractivity contribution >= 4 is 10.8 Å². The monoisotopic (exact) mass is 600 g/mol. The van der Waals surface area contributed by atoms with Crippen molar-refractivity contribution in [2.45, 2.75) is 6.92 Å². The second-order valence-electron chi connectivity index (χ2n) is 2.66. The van der Waals surface area contributed by atoms with Crippen molar-refractivity contribution in [1.29, 1.82) is 0 Å². The molecule has 0 aliphatic heterocycles. The third-order valence-corrected chi connectivity index (χ3v) is 1.76. The summed E-state index contributed by atoms with van der Waals surface area (Å²) < 4.78 is 0. The van der Waals surface area contributed by atoms with Gasteiger partial charge in [0.25, 0.3) is 0 Å². The third-order valence-electron chi connectivity index (χ3n) is 1.76. The van der Waals surface area contributed by atoms with Crippen LogP contribution in [0.25, 0.3) is 10.8 Å². The maximum absolute atomic E-state index is 2.20. The Morgan fingerprint density at radius 1 is 1.00 bits per heavy atom. The van der Waals surface area contributed by atoms with Crippen molar-refractivity contribution in [2.75, 3.05) is 0 Å². The van der Waals surface area contributed by atoms with Crippen LogP contribution in [0.4, 0.5) is 0 Å². The minimum atomic E-state index is 0. The fraction of sp³-hybridized carbons (Fsp3) is 0.100. The molecule has 0 N–H and O–H groups in total. The number of hydrogen-bond acceptors (Lipinski definition) is 0. The van der Waals surface area contributed by atoms with Crippen LogP contribution in [0.15, 0.2) is 36.4 Å². The standard InChI is InChI=1S/C10H9.3HI.Zr/c1-8-6-9-4-2-3-5-10(9)7-8;;;;/h2-7H,1H3;3*1H;/q-1;;;;+4/p-3. The summed E-state index contributed by atoms with van der Waals surface area (Å²) in [7, 11) is 0. The number of halogens is 3. The Morgan fingerprint density at radius 3 is 2.14 bits per heavy atom. The Labute approximate surface area is 155 Å². The average molecular weight is 601 g/mol. The zero-order chi connectivity index (χ0) is 6.97. The van der Waals surface area contributed by atoms with Crippen molar-refractivity contribution in [3.8, 4) is 0 Å². The maximum Gasteiger partial charge on any atom is 4.00 e. The predicted octanol–water partition coefficient (Wildman–Crippen LogP) is -6.12. The van der Waals surface area contributed by atoms with Gasteiger partial charge in [0.1, 0.15) is 0 Å². The first-order valence-electron chi connectivity index (χ1n) is 3.48. The van der Waals surface area contributed by atoms with Gasteiger partial charge in [0.2, 0.25) is 0 Å². The van der Waals surface area contributed by atoms with Gasteiger partial charge >= 0.3 is 26.2 Å². The second kappa shape index (κ2) is 10.1. The fourth-order valence-electron chi connectivity index (χ4n) is 1.31. The van der Waals surface area contributed by atoms with Gasteiger partial charge in [0.15, 0.2) is 0 Å². The molecule has 0 amide bonds. The van der Waals surface area contributed by atoms with E-state index in [1.165, 1.54) is 16.3 Å². The van der Waals surface area contributed by atoms with Crippen molar-refractivity contribution in [3.05, 3.63) is 42.0 Å². The van der Waals surface area contributed by atoms with Crippen LogP contribution >= 0.6 is 0 Å². The first-order chi connectivity index (χ1) is 4.86. The summed E-state index contributed by atoms with van der Waals surface area (Å²) in [6.07, 6.45) is 0. The van der Waals surface area contributed by atoms with E-state index in [-0.39, 0.29) is 98.1 Å².